The molecule has 0 amide bonds. The lowest BCUT2D eigenvalue weighted by Gasteiger charge is -2.14. The van der Waals surface area contributed by atoms with Gasteiger partial charge in [0.15, 0.2) is 0 Å². The van der Waals surface area contributed by atoms with Crippen molar-refractivity contribution < 1.29 is 9.90 Å². The van der Waals surface area contributed by atoms with Crippen LogP contribution in [0.5, 0.6) is 0 Å². The lowest BCUT2D eigenvalue weighted by Crippen LogP contribution is -2.02. The Morgan fingerprint density at radius 3 is 2.80 bits per heavy atom. The number of hydrogen-bond acceptors (Lipinski definition) is 2. The Morgan fingerprint density at radius 2 is 2.05 bits per heavy atom. The molecule has 2 aromatic rings. The second-order valence-corrected chi connectivity index (χ2v) is 7.08. The van der Waals surface area contributed by atoms with Crippen molar-refractivity contribution in [3.63, 3.8) is 0 Å². The summed E-state index contributed by atoms with van der Waals surface area (Å²) in [5, 5.41) is 9.22. The molecule has 2 aromatic carbocycles. The van der Waals surface area contributed by atoms with Gasteiger partial charge < -0.3 is 5.11 Å². The SMILES string of the molecule is Cc1cc(C(=O)O)cc2c1C(Br)Cc1ccccc1S2. The minimum absolute atomic E-state index is 0.219. The molecule has 102 valence electrons. The molecule has 0 radical (unpaired) electrons. The standard InChI is InChI=1S/C16H13BrO2S/c1-9-6-11(16(18)19)8-14-15(9)12(17)7-10-4-2-3-5-13(10)20-14/h2-6,8,12H,7H2,1H3,(H,18,19). The van der Waals surface area contributed by atoms with Crippen LogP contribution in [0.25, 0.3) is 0 Å². The van der Waals surface area contributed by atoms with E-state index in [2.05, 4.69) is 28.1 Å². The lowest BCUT2D eigenvalue weighted by atomic mass is 9.98. The van der Waals surface area contributed by atoms with Crippen molar-refractivity contribution >= 4 is 33.7 Å². The fraction of sp³-hybridized carbons (Fsp3) is 0.188. The van der Waals surface area contributed by atoms with Gasteiger partial charge in [-0.05, 0) is 48.2 Å². The van der Waals surface area contributed by atoms with Crippen molar-refractivity contribution in [2.75, 3.05) is 0 Å². The first-order chi connectivity index (χ1) is 9.56. The second kappa shape index (κ2) is 5.26. The van der Waals surface area contributed by atoms with E-state index in [1.165, 1.54) is 16.0 Å². The third kappa shape index (κ3) is 2.38. The Kier molecular flexibility index (Phi) is 3.61. The molecular formula is C16H13BrO2S. The molecule has 0 aliphatic carbocycles. The zero-order valence-electron chi connectivity index (χ0n) is 10.9. The molecule has 1 unspecified atom stereocenters. The highest BCUT2D eigenvalue weighted by molar-refractivity contribution is 9.09. The first kappa shape index (κ1) is 13.7. The summed E-state index contributed by atoms with van der Waals surface area (Å²) in [6, 6.07) is 11.8. The molecule has 1 N–H and O–H groups in total. The molecule has 2 nitrogen and oxygen atoms in total. The quantitative estimate of drug-likeness (QED) is 0.749. The minimum atomic E-state index is -0.875. The van der Waals surface area contributed by atoms with Gasteiger partial charge in [-0.15, -0.1) is 0 Å². The molecule has 0 saturated heterocycles. The molecule has 3 rings (SSSR count). The Balaban J connectivity index is 2.19. The van der Waals surface area contributed by atoms with Crippen LogP contribution < -0.4 is 0 Å². The predicted octanol–water partition coefficient (Wildman–Crippen LogP) is 4.84. The maximum Gasteiger partial charge on any atom is 0.335 e. The minimum Gasteiger partial charge on any atom is -0.478 e. The number of benzene rings is 2. The average molecular weight is 349 g/mol. The van der Waals surface area contributed by atoms with E-state index >= 15 is 0 Å². The Morgan fingerprint density at radius 1 is 1.30 bits per heavy atom. The van der Waals surface area contributed by atoms with Gasteiger partial charge >= 0.3 is 5.97 Å². The topological polar surface area (TPSA) is 37.3 Å². The molecule has 0 aromatic heterocycles. The van der Waals surface area contributed by atoms with E-state index in [0.29, 0.717) is 5.56 Å². The van der Waals surface area contributed by atoms with Crippen molar-refractivity contribution in [3.8, 4) is 0 Å². The molecule has 0 fully saturated rings. The van der Waals surface area contributed by atoms with E-state index in [-0.39, 0.29) is 4.83 Å². The highest BCUT2D eigenvalue weighted by Crippen LogP contribution is 2.45. The number of aryl methyl sites for hydroxylation is 1. The van der Waals surface area contributed by atoms with Gasteiger partial charge in [-0.3, -0.25) is 0 Å². The number of alkyl halides is 1. The molecule has 1 heterocycles. The van der Waals surface area contributed by atoms with Crippen LogP contribution in [0.1, 0.15) is 31.9 Å². The maximum absolute atomic E-state index is 11.2. The molecule has 1 atom stereocenters. The largest absolute Gasteiger partial charge is 0.478 e. The van der Waals surface area contributed by atoms with Gasteiger partial charge in [0.1, 0.15) is 0 Å². The summed E-state index contributed by atoms with van der Waals surface area (Å²) >= 11 is 5.42. The number of fused-ring (bicyclic) bond motifs is 2. The molecule has 4 heteroatoms. The second-order valence-electron chi connectivity index (χ2n) is 4.89. The molecule has 0 spiro atoms. The van der Waals surface area contributed by atoms with E-state index in [4.69, 9.17) is 0 Å². The van der Waals surface area contributed by atoms with E-state index < -0.39 is 5.97 Å². The van der Waals surface area contributed by atoms with E-state index in [0.717, 1.165) is 16.9 Å². The Labute approximate surface area is 130 Å². The number of rotatable bonds is 1. The Hall–Kier alpha value is -1.26. The van der Waals surface area contributed by atoms with E-state index in [1.807, 2.05) is 19.1 Å². The fourth-order valence-corrected chi connectivity index (χ4v) is 4.93. The van der Waals surface area contributed by atoms with Gasteiger partial charge in [-0.1, -0.05) is 45.9 Å². The summed E-state index contributed by atoms with van der Waals surface area (Å²) < 4.78 is 0. The van der Waals surface area contributed by atoms with Crippen LogP contribution in [0.3, 0.4) is 0 Å². The van der Waals surface area contributed by atoms with Crippen LogP contribution in [-0.2, 0) is 6.42 Å². The van der Waals surface area contributed by atoms with Crippen molar-refractivity contribution in [1.29, 1.82) is 0 Å². The summed E-state index contributed by atoms with van der Waals surface area (Å²) in [6.45, 7) is 1.98. The maximum atomic E-state index is 11.2. The zero-order chi connectivity index (χ0) is 14.3. The van der Waals surface area contributed by atoms with Crippen LogP contribution >= 0.6 is 27.7 Å². The van der Waals surface area contributed by atoms with Crippen molar-refractivity contribution in [3.05, 3.63) is 58.7 Å². The Bertz CT molecular complexity index is 697. The van der Waals surface area contributed by atoms with Gasteiger partial charge in [0.25, 0.3) is 0 Å². The van der Waals surface area contributed by atoms with Crippen molar-refractivity contribution in [1.82, 2.24) is 0 Å². The monoisotopic (exact) mass is 348 g/mol. The van der Waals surface area contributed by atoms with Gasteiger partial charge in [0.05, 0.1) is 5.56 Å². The third-order valence-electron chi connectivity index (χ3n) is 3.50. The van der Waals surface area contributed by atoms with Gasteiger partial charge in [0, 0.05) is 14.6 Å². The zero-order valence-corrected chi connectivity index (χ0v) is 13.3. The summed E-state index contributed by atoms with van der Waals surface area (Å²) in [5.41, 5.74) is 3.89. The lowest BCUT2D eigenvalue weighted by molar-refractivity contribution is 0.0696. The van der Waals surface area contributed by atoms with Gasteiger partial charge in [-0.25, -0.2) is 4.79 Å². The number of halogens is 1. The van der Waals surface area contributed by atoms with Crippen LogP contribution in [0.15, 0.2) is 46.2 Å². The highest BCUT2D eigenvalue weighted by atomic mass is 79.9. The molecular weight excluding hydrogens is 336 g/mol. The number of carbonyl (C=O) groups is 1. The number of carboxylic acids is 1. The number of hydrogen-bond donors (Lipinski definition) is 1. The van der Waals surface area contributed by atoms with E-state index in [9.17, 15) is 9.90 Å². The van der Waals surface area contributed by atoms with Crippen molar-refractivity contribution in [2.24, 2.45) is 0 Å². The first-order valence-corrected chi connectivity index (χ1v) is 8.07. The molecule has 0 bridgehead atoms. The summed E-state index contributed by atoms with van der Waals surface area (Å²) in [6.07, 6.45) is 0.920. The van der Waals surface area contributed by atoms with Crippen LogP contribution in [0.4, 0.5) is 0 Å². The summed E-state index contributed by atoms with van der Waals surface area (Å²) in [7, 11) is 0. The summed E-state index contributed by atoms with van der Waals surface area (Å²) in [4.78, 5) is 13.7. The first-order valence-electron chi connectivity index (χ1n) is 6.34. The number of aromatic carboxylic acids is 1. The molecule has 0 saturated carbocycles. The van der Waals surface area contributed by atoms with Crippen molar-refractivity contribution in [2.45, 2.75) is 28.0 Å². The van der Waals surface area contributed by atoms with E-state index in [1.54, 1.807) is 23.9 Å². The van der Waals surface area contributed by atoms with Crippen LogP contribution in [0.2, 0.25) is 0 Å². The molecule has 1 aliphatic rings. The molecule has 1 aliphatic heterocycles. The van der Waals surface area contributed by atoms with Gasteiger partial charge in [-0.2, -0.15) is 0 Å². The smallest absolute Gasteiger partial charge is 0.335 e. The fourth-order valence-electron chi connectivity index (χ4n) is 2.56. The molecule has 20 heavy (non-hydrogen) atoms. The van der Waals surface area contributed by atoms with Crippen LogP contribution in [0, 0.1) is 6.92 Å². The third-order valence-corrected chi connectivity index (χ3v) is 5.46. The average Bonchev–Trinajstić information content (AvgIpc) is 2.54. The summed E-state index contributed by atoms with van der Waals surface area (Å²) in [5.74, 6) is -0.875. The number of carboxylic acid groups (broad SMARTS) is 1. The normalized spacial score (nSPS) is 17.0. The van der Waals surface area contributed by atoms with Crippen LogP contribution in [-0.4, -0.2) is 11.1 Å². The highest BCUT2D eigenvalue weighted by Gasteiger charge is 2.23. The van der Waals surface area contributed by atoms with Gasteiger partial charge in [0.2, 0.25) is 0 Å². The predicted molar refractivity (Wildman–Crippen MR) is 84.1 cm³/mol.